The fourth-order valence-corrected chi connectivity index (χ4v) is 2.78. The Kier molecular flexibility index (Phi) is 8.43. The van der Waals surface area contributed by atoms with Gasteiger partial charge in [0.1, 0.15) is 0 Å². The lowest BCUT2D eigenvalue weighted by molar-refractivity contribution is 0.182. The molecule has 0 unspecified atom stereocenters. The van der Waals surface area contributed by atoms with Gasteiger partial charge < -0.3 is 0 Å². The molecule has 0 aromatic carbocycles. The molecular formula is C20H40N2. The molecule has 22 heavy (non-hydrogen) atoms. The maximum absolute atomic E-state index is 4.83. The van der Waals surface area contributed by atoms with Crippen molar-refractivity contribution in [2.24, 2.45) is 10.8 Å². The van der Waals surface area contributed by atoms with Crippen molar-refractivity contribution in [3.8, 4) is 0 Å². The van der Waals surface area contributed by atoms with Crippen molar-refractivity contribution < 1.29 is 0 Å². The summed E-state index contributed by atoms with van der Waals surface area (Å²) < 4.78 is 2.27. The van der Waals surface area contributed by atoms with Crippen LogP contribution < -0.4 is 0 Å². The average Bonchev–Trinajstić information content (AvgIpc) is 2.82. The minimum atomic E-state index is 0.354. The van der Waals surface area contributed by atoms with Gasteiger partial charge in [-0.3, -0.25) is 4.68 Å². The maximum Gasteiger partial charge on any atom is 0.0652 e. The summed E-state index contributed by atoms with van der Waals surface area (Å²) in [6, 6.07) is 2.33. The van der Waals surface area contributed by atoms with Crippen LogP contribution in [0.3, 0.4) is 0 Å². The van der Waals surface area contributed by atoms with Crippen LogP contribution in [0, 0.1) is 10.8 Å². The first-order valence-electron chi connectivity index (χ1n) is 9.25. The zero-order valence-corrected chi connectivity index (χ0v) is 16.9. The first-order chi connectivity index (χ1) is 10.2. The summed E-state index contributed by atoms with van der Waals surface area (Å²) in [6.45, 7) is 23.0. The van der Waals surface area contributed by atoms with Crippen molar-refractivity contribution >= 4 is 0 Å². The predicted molar refractivity (Wildman–Crippen MR) is 99.5 cm³/mol. The minimum absolute atomic E-state index is 0.354. The van der Waals surface area contributed by atoms with Crippen LogP contribution in [-0.2, 0) is 13.0 Å². The third-order valence-electron chi connectivity index (χ3n) is 4.19. The first-order valence-corrected chi connectivity index (χ1v) is 9.25. The highest BCUT2D eigenvalue weighted by Gasteiger charge is 2.30. The molecule has 2 nitrogen and oxygen atoms in total. The number of fused-ring (bicyclic) bond motifs is 1. The van der Waals surface area contributed by atoms with Gasteiger partial charge in [-0.15, -0.1) is 0 Å². The van der Waals surface area contributed by atoms with Gasteiger partial charge in [0.2, 0.25) is 0 Å². The summed E-state index contributed by atoms with van der Waals surface area (Å²) in [7, 11) is 0. The SMILES string of the molecule is CC.CC.CC(C)c1cc2n(n1)CC(C)(C)CCC(C)(C)C2. The van der Waals surface area contributed by atoms with Gasteiger partial charge in [-0.1, -0.05) is 69.2 Å². The van der Waals surface area contributed by atoms with E-state index >= 15 is 0 Å². The molecular weight excluding hydrogens is 268 g/mol. The summed E-state index contributed by atoms with van der Waals surface area (Å²) in [5.74, 6) is 0.525. The van der Waals surface area contributed by atoms with Crippen LogP contribution in [0.1, 0.15) is 99.4 Å². The van der Waals surface area contributed by atoms with Gasteiger partial charge in [-0.25, -0.2) is 0 Å². The Balaban J connectivity index is 0.00000102. The fourth-order valence-electron chi connectivity index (χ4n) is 2.78. The summed E-state index contributed by atoms with van der Waals surface area (Å²) in [5.41, 5.74) is 3.42. The molecule has 1 aliphatic heterocycles. The van der Waals surface area contributed by atoms with Crippen LogP contribution in [-0.4, -0.2) is 9.78 Å². The van der Waals surface area contributed by atoms with Gasteiger partial charge in [0.15, 0.2) is 0 Å². The van der Waals surface area contributed by atoms with Crippen molar-refractivity contribution in [2.45, 2.75) is 101 Å². The second-order valence-corrected chi connectivity index (χ2v) is 7.88. The normalized spacial score (nSPS) is 18.9. The Morgan fingerprint density at radius 2 is 1.45 bits per heavy atom. The Morgan fingerprint density at radius 3 is 1.95 bits per heavy atom. The second kappa shape index (κ2) is 8.74. The fraction of sp³-hybridized carbons (Fsp3) is 0.850. The molecule has 0 saturated heterocycles. The van der Waals surface area contributed by atoms with Gasteiger partial charge in [-0.2, -0.15) is 5.10 Å². The Bertz CT molecular complexity index is 389. The summed E-state index contributed by atoms with van der Waals surface area (Å²) in [6.07, 6.45) is 3.75. The summed E-state index contributed by atoms with van der Waals surface area (Å²) >= 11 is 0. The van der Waals surface area contributed by atoms with Crippen LogP contribution in [0.4, 0.5) is 0 Å². The minimum Gasteiger partial charge on any atom is -0.269 e. The van der Waals surface area contributed by atoms with Gasteiger partial charge in [-0.05, 0) is 42.1 Å². The molecule has 0 amide bonds. The monoisotopic (exact) mass is 308 g/mol. The van der Waals surface area contributed by atoms with E-state index in [9.17, 15) is 0 Å². The van der Waals surface area contributed by atoms with Crippen molar-refractivity contribution in [2.75, 3.05) is 0 Å². The van der Waals surface area contributed by atoms with E-state index in [2.05, 4.69) is 52.3 Å². The van der Waals surface area contributed by atoms with Crippen LogP contribution in [0.2, 0.25) is 0 Å². The Hall–Kier alpha value is -0.790. The lowest BCUT2D eigenvalue weighted by atomic mass is 9.75. The van der Waals surface area contributed by atoms with E-state index < -0.39 is 0 Å². The molecule has 0 spiro atoms. The molecule has 1 aliphatic rings. The molecule has 0 saturated carbocycles. The van der Waals surface area contributed by atoms with E-state index in [1.807, 2.05) is 27.7 Å². The van der Waals surface area contributed by atoms with Crippen LogP contribution in [0.5, 0.6) is 0 Å². The van der Waals surface area contributed by atoms with E-state index in [0.717, 1.165) is 13.0 Å². The Labute approximate surface area is 139 Å². The van der Waals surface area contributed by atoms with Gasteiger partial charge >= 0.3 is 0 Å². The molecule has 0 bridgehead atoms. The highest BCUT2D eigenvalue weighted by atomic mass is 15.3. The zero-order valence-electron chi connectivity index (χ0n) is 16.9. The molecule has 0 aliphatic carbocycles. The van der Waals surface area contributed by atoms with Crippen LogP contribution in [0.15, 0.2) is 6.07 Å². The van der Waals surface area contributed by atoms with Gasteiger partial charge in [0, 0.05) is 12.2 Å². The standard InChI is InChI=1S/C16H28N2.2C2H6/c1-12(2)14-9-13-10-15(3,4)7-8-16(5,6)11-18(13)17-14;2*1-2/h9,12H,7-8,10-11H2,1-6H3;2*1-2H3. The van der Waals surface area contributed by atoms with Crippen molar-refractivity contribution in [3.05, 3.63) is 17.5 Å². The molecule has 2 rings (SSSR count). The number of aromatic nitrogens is 2. The Morgan fingerprint density at radius 1 is 0.955 bits per heavy atom. The molecule has 0 atom stereocenters. The topological polar surface area (TPSA) is 17.8 Å². The molecule has 0 radical (unpaired) electrons. The van der Waals surface area contributed by atoms with E-state index in [4.69, 9.17) is 5.10 Å². The quantitative estimate of drug-likeness (QED) is 0.583. The summed E-state index contributed by atoms with van der Waals surface area (Å²) in [5, 5.41) is 4.83. The van der Waals surface area contributed by atoms with E-state index in [1.54, 1.807) is 0 Å². The van der Waals surface area contributed by atoms with Crippen LogP contribution in [0.25, 0.3) is 0 Å². The lowest BCUT2D eigenvalue weighted by Gasteiger charge is -2.35. The molecule has 0 fully saturated rings. The summed E-state index contributed by atoms with van der Waals surface area (Å²) in [4.78, 5) is 0. The van der Waals surface area contributed by atoms with Gasteiger partial charge in [0.05, 0.1) is 5.69 Å². The van der Waals surface area contributed by atoms with Crippen molar-refractivity contribution in [1.82, 2.24) is 9.78 Å². The van der Waals surface area contributed by atoms with E-state index in [0.29, 0.717) is 16.7 Å². The number of hydrogen-bond donors (Lipinski definition) is 0. The number of rotatable bonds is 1. The highest BCUT2D eigenvalue weighted by Crippen LogP contribution is 2.37. The molecule has 130 valence electrons. The lowest BCUT2D eigenvalue weighted by Crippen LogP contribution is -2.29. The number of nitrogens with zero attached hydrogens (tertiary/aromatic N) is 2. The van der Waals surface area contributed by atoms with E-state index in [1.165, 1.54) is 24.2 Å². The number of hydrogen-bond acceptors (Lipinski definition) is 1. The van der Waals surface area contributed by atoms with Crippen molar-refractivity contribution in [1.29, 1.82) is 0 Å². The van der Waals surface area contributed by atoms with Crippen LogP contribution >= 0.6 is 0 Å². The smallest absolute Gasteiger partial charge is 0.0652 e. The predicted octanol–water partition coefficient (Wildman–Crippen LogP) is 6.45. The third kappa shape index (κ3) is 6.14. The van der Waals surface area contributed by atoms with Gasteiger partial charge in [0.25, 0.3) is 0 Å². The largest absolute Gasteiger partial charge is 0.269 e. The second-order valence-electron chi connectivity index (χ2n) is 7.88. The third-order valence-corrected chi connectivity index (χ3v) is 4.19. The molecule has 2 heterocycles. The molecule has 0 N–H and O–H groups in total. The van der Waals surface area contributed by atoms with Crippen molar-refractivity contribution in [3.63, 3.8) is 0 Å². The molecule has 2 heteroatoms. The molecule has 1 aromatic rings. The molecule has 1 aromatic heterocycles. The van der Waals surface area contributed by atoms with E-state index in [-0.39, 0.29) is 0 Å². The zero-order chi connectivity index (χ0) is 17.6. The first kappa shape index (κ1) is 21.2. The average molecular weight is 309 g/mol. The highest BCUT2D eigenvalue weighted by molar-refractivity contribution is 5.15. The maximum atomic E-state index is 4.83.